The minimum Gasteiger partial charge on any atom is -0.497 e. The molecular weight excluding hydrogens is 340 g/mol. The first-order chi connectivity index (χ1) is 12.5. The van der Waals surface area contributed by atoms with Crippen LogP contribution < -0.4 is 15.8 Å². The van der Waals surface area contributed by atoms with E-state index in [1.165, 1.54) is 29.9 Å². The van der Waals surface area contributed by atoms with E-state index in [1.54, 1.807) is 31.4 Å². The standard InChI is InChI=1S/C18H16N2O6/c1-24-13-6-4-12(5-7-13)19-16(21)10-20-14-8-3-11(17(22)25-2)9-15(14)26-18(20)23/h3-9H,10H2,1-2H3,(H,19,21). The Hall–Kier alpha value is -3.55. The fourth-order valence-electron chi connectivity index (χ4n) is 2.48. The molecule has 0 saturated carbocycles. The highest BCUT2D eigenvalue weighted by Crippen LogP contribution is 2.17. The van der Waals surface area contributed by atoms with Crippen LogP contribution in [0.5, 0.6) is 5.75 Å². The number of nitrogens with zero attached hydrogens (tertiary/aromatic N) is 1. The molecule has 3 rings (SSSR count). The maximum absolute atomic E-state index is 12.2. The number of hydrogen-bond donors (Lipinski definition) is 1. The van der Waals surface area contributed by atoms with Crippen LogP contribution in [-0.4, -0.2) is 30.7 Å². The van der Waals surface area contributed by atoms with Gasteiger partial charge in [-0.15, -0.1) is 0 Å². The SMILES string of the molecule is COC(=O)c1ccc2c(c1)oc(=O)n2CC(=O)Nc1ccc(OC)cc1. The maximum atomic E-state index is 12.2. The van der Waals surface area contributed by atoms with Crippen LogP contribution in [0.25, 0.3) is 11.1 Å². The number of nitrogens with one attached hydrogen (secondary N) is 1. The van der Waals surface area contributed by atoms with Crippen molar-refractivity contribution in [1.29, 1.82) is 0 Å². The van der Waals surface area contributed by atoms with Crippen molar-refractivity contribution in [3.8, 4) is 5.75 Å². The molecule has 0 radical (unpaired) electrons. The Morgan fingerprint density at radius 3 is 2.50 bits per heavy atom. The molecule has 0 fully saturated rings. The number of ether oxygens (including phenoxy) is 2. The summed E-state index contributed by atoms with van der Waals surface area (Å²) in [5.41, 5.74) is 1.44. The van der Waals surface area contributed by atoms with Crippen LogP contribution in [0.3, 0.4) is 0 Å². The van der Waals surface area contributed by atoms with Crippen molar-refractivity contribution in [2.45, 2.75) is 6.54 Å². The van der Waals surface area contributed by atoms with E-state index >= 15 is 0 Å². The molecule has 1 N–H and O–H groups in total. The molecule has 1 heterocycles. The molecule has 0 spiro atoms. The van der Waals surface area contributed by atoms with E-state index in [2.05, 4.69) is 10.1 Å². The predicted octanol–water partition coefficient (Wildman–Crippen LogP) is 2.03. The van der Waals surface area contributed by atoms with Gasteiger partial charge < -0.3 is 19.2 Å². The molecule has 0 unspecified atom stereocenters. The molecule has 0 atom stereocenters. The molecule has 0 aliphatic rings. The lowest BCUT2D eigenvalue weighted by molar-refractivity contribution is -0.116. The number of anilines is 1. The molecule has 8 heteroatoms. The average Bonchev–Trinajstić information content (AvgIpc) is 2.96. The number of carbonyl (C=O) groups is 2. The predicted molar refractivity (Wildman–Crippen MR) is 93.4 cm³/mol. The lowest BCUT2D eigenvalue weighted by Gasteiger charge is -2.07. The zero-order valence-corrected chi connectivity index (χ0v) is 14.1. The number of methoxy groups -OCH3 is 2. The number of oxazole rings is 1. The third kappa shape index (κ3) is 3.44. The van der Waals surface area contributed by atoms with Crippen molar-refractivity contribution in [2.24, 2.45) is 0 Å². The molecule has 0 aliphatic carbocycles. The zero-order chi connectivity index (χ0) is 18.7. The molecule has 0 saturated heterocycles. The molecule has 3 aromatic rings. The normalized spacial score (nSPS) is 10.5. The molecule has 8 nitrogen and oxygen atoms in total. The minimum absolute atomic E-state index is 0.204. The summed E-state index contributed by atoms with van der Waals surface area (Å²) < 4.78 is 16.0. The van der Waals surface area contributed by atoms with E-state index in [9.17, 15) is 14.4 Å². The summed E-state index contributed by atoms with van der Waals surface area (Å²) in [6, 6.07) is 11.2. The second kappa shape index (κ2) is 7.14. The Labute approximate surface area is 147 Å². The van der Waals surface area contributed by atoms with Crippen molar-refractivity contribution < 1.29 is 23.5 Å². The monoisotopic (exact) mass is 356 g/mol. The quantitative estimate of drug-likeness (QED) is 0.702. The first kappa shape index (κ1) is 17.3. The van der Waals surface area contributed by atoms with Crippen LogP contribution in [0.2, 0.25) is 0 Å². The van der Waals surface area contributed by atoms with Crippen LogP contribution in [0.4, 0.5) is 5.69 Å². The molecule has 2 aromatic carbocycles. The van der Waals surface area contributed by atoms with Gasteiger partial charge in [0.15, 0.2) is 5.58 Å². The fourth-order valence-corrected chi connectivity index (χ4v) is 2.48. The van der Waals surface area contributed by atoms with Crippen LogP contribution in [0.1, 0.15) is 10.4 Å². The van der Waals surface area contributed by atoms with E-state index in [0.717, 1.165) is 0 Å². The fraction of sp³-hybridized carbons (Fsp3) is 0.167. The Balaban J connectivity index is 1.81. The second-order valence-corrected chi connectivity index (χ2v) is 5.40. The first-order valence-corrected chi connectivity index (χ1v) is 7.67. The summed E-state index contributed by atoms with van der Waals surface area (Å²) >= 11 is 0. The highest BCUT2D eigenvalue weighted by molar-refractivity contribution is 5.94. The number of aromatic nitrogens is 1. The highest BCUT2D eigenvalue weighted by Gasteiger charge is 2.15. The minimum atomic E-state index is -0.688. The van der Waals surface area contributed by atoms with Gasteiger partial charge >= 0.3 is 11.7 Å². The van der Waals surface area contributed by atoms with Gasteiger partial charge in [-0.3, -0.25) is 9.36 Å². The van der Waals surface area contributed by atoms with Gasteiger partial charge in [0.25, 0.3) is 0 Å². The lowest BCUT2D eigenvalue weighted by Crippen LogP contribution is -2.24. The van der Waals surface area contributed by atoms with E-state index in [-0.39, 0.29) is 17.7 Å². The van der Waals surface area contributed by atoms with Gasteiger partial charge in [-0.1, -0.05) is 0 Å². The van der Waals surface area contributed by atoms with Crippen molar-refractivity contribution in [3.05, 3.63) is 58.6 Å². The molecule has 1 amide bonds. The molecule has 1 aromatic heterocycles. The van der Waals surface area contributed by atoms with Crippen molar-refractivity contribution in [2.75, 3.05) is 19.5 Å². The van der Waals surface area contributed by atoms with E-state index < -0.39 is 17.6 Å². The van der Waals surface area contributed by atoms with E-state index in [0.29, 0.717) is 17.0 Å². The van der Waals surface area contributed by atoms with Crippen LogP contribution in [0, 0.1) is 0 Å². The smallest absolute Gasteiger partial charge is 0.420 e. The van der Waals surface area contributed by atoms with E-state index in [4.69, 9.17) is 9.15 Å². The Morgan fingerprint density at radius 2 is 1.85 bits per heavy atom. The van der Waals surface area contributed by atoms with Crippen LogP contribution >= 0.6 is 0 Å². The van der Waals surface area contributed by atoms with Gasteiger partial charge in [0.05, 0.1) is 25.3 Å². The molecule has 0 aliphatic heterocycles. The first-order valence-electron chi connectivity index (χ1n) is 7.67. The van der Waals surface area contributed by atoms with Gasteiger partial charge in [-0.2, -0.15) is 0 Å². The summed E-state index contributed by atoms with van der Waals surface area (Å²) in [6.07, 6.45) is 0. The maximum Gasteiger partial charge on any atom is 0.420 e. The molecule has 26 heavy (non-hydrogen) atoms. The summed E-state index contributed by atoms with van der Waals surface area (Å²) in [4.78, 5) is 35.8. The number of hydrogen-bond acceptors (Lipinski definition) is 6. The molecule has 134 valence electrons. The van der Waals surface area contributed by atoms with Crippen LogP contribution in [0.15, 0.2) is 51.7 Å². The molecular formula is C18H16N2O6. The van der Waals surface area contributed by atoms with Crippen molar-refractivity contribution in [1.82, 2.24) is 4.57 Å². The zero-order valence-electron chi connectivity index (χ0n) is 14.1. The van der Waals surface area contributed by atoms with Gasteiger partial charge in [-0.05, 0) is 42.5 Å². The van der Waals surface area contributed by atoms with Crippen molar-refractivity contribution >= 4 is 28.7 Å². The lowest BCUT2D eigenvalue weighted by atomic mass is 10.2. The summed E-state index contributed by atoms with van der Waals surface area (Å²) in [6.45, 7) is -0.227. The van der Waals surface area contributed by atoms with E-state index in [1.807, 2.05) is 0 Å². The molecule has 0 bridgehead atoms. The third-order valence-electron chi connectivity index (χ3n) is 3.76. The highest BCUT2D eigenvalue weighted by atomic mass is 16.5. The largest absolute Gasteiger partial charge is 0.497 e. The Kier molecular flexibility index (Phi) is 4.74. The number of rotatable bonds is 5. The number of benzene rings is 2. The number of esters is 1. The number of amides is 1. The second-order valence-electron chi connectivity index (χ2n) is 5.40. The summed E-state index contributed by atoms with van der Waals surface area (Å²) in [7, 11) is 2.81. The van der Waals surface area contributed by atoms with Gasteiger partial charge in [0.1, 0.15) is 12.3 Å². The van der Waals surface area contributed by atoms with Gasteiger partial charge in [0.2, 0.25) is 5.91 Å². The van der Waals surface area contributed by atoms with Gasteiger partial charge in [-0.25, -0.2) is 9.59 Å². The summed E-state index contributed by atoms with van der Waals surface area (Å²) in [5, 5.41) is 2.69. The summed E-state index contributed by atoms with van der Waals surface area (Å²) in [5.74, 6) is -0.954. The Morgan fingerprint density at radius 1 is 1.12 bits per heavy atom. The van der Waals surface area contributed by atoms with Crippen molar-refractivity contribution in [3.63, 3.8) is 0 Å². The third-order valence-corrected chi connectivity index (χ3v) is 3.76. The number of carbonyl (C=O) groups excluding carboxylic acids is 2. The average molecular weight is 356 g/mol. The Bertz CT molecular complexity index is 1020. The van der Waals surface area contributed by atoms with Crippen LogP contribution in [-0.2, 0) is 16.1 Å². The number of fused-ring (bicyclic) bond motifs is 1. The topological polar surface area (TPSA) is 99.8 Å². The van der Waals surface area contributed by atoms with Gasteiger partial charge in [0, 0.05) is 5.69 Å².